The quantitative estimate of drug-likeness (QED) is 0.157. The molecule has 1 aromatic heterocycles. The second-order valence-corrected chi connectivity index (χ2v) is 20.0. The van der Waals surface area contributed by atoms with E-state index < -0.39 is 0 Å². The van der Waals surface area contributed by atoms with Crippen molar-refractivity contribution >= 4 is 21.8 Å². The minimum atomic E-state index is 0.152. The van der Waals surface area contributed by atoms with Gasteiger partial charge in [0.15, 0.2) is 0 Å². The standard InChI is InChI=1S/C43H31N.C16H16.C13H12/c1-30-19-21-33(22-20-30)34-15-10-16-35(25-34)36-23-24-41-40-17-8-9-18-42(40)44(43(41)29-36)39-27-37(31-11-4-2-5-12-31)26-38(28-39)32-13-6-3-7-14-32;1-11-8-9-15-13(10-11)12-6-4-5-7-14(12)16(15,2)3;1-11-7-9-13(10-8-11)12-5-3-2-4-6-12/h2-29H,1H3;4-10H,1-3H3;2-10H,1H3. The van der Waals surface area contributed by atoms with Crippen molar-refractivity contribution in [2.24, 2.45) is 0 Å². The summed E-state index contributed by atoms with van der Waals surface area (Å²) in [5, 5.41) is 2.51. The fourth-order valence-electron chi connectivity index (χ4n) is 10.6. The third-order valence-electron chi connectivity index (χ3n) is 14.5. The van der Waals surface area contributed by atoms with Gasteiger partial charge in [-0.15, -0.1) is 0 Å². The molecule has 0 radical (unpaired) electrons. The molecule has 13 rings (SSSR count). The third-order valence-corrected chi connectivity index (χ3v) is 14.5. The largest absolute Gasteiger partial charge is 0.309 e. The van der Waals surface area contributed by atoms with E-state index in [4.69, 9.17) is 0 Å². The summed E-state index contributed by atoms with van der Waals surface area (Å²) in [6.07, 6.45) is 0. The molecule has 0 aliphatic heterocycles. The molecule has 1 heterocycles. The third kappa shape index (κ3) is 9.59. The molecular formula is C72H59N. The lowest BCUT2D eigenvalue weighted by Crippen LogP contribution is -2.14. The first kappa shape index (κ1) is 46.6. The van der Waals surface area contributed by atoms with Crippen LogP contribution in [-0.2, 0) is 5.41 Å². The van der Waals surface area contributed by atoms with E-state index in [0.29, 0.717) is 0 Å². The van der Waals surface area contributed by atoms with Crippen LogP contribution in [0.15, 0.2) is 267 Å². The zero-order chi connectivity index (χ0) is 49.9. The molecule has 352 valence electrons. The second-order valence-electron chi connectivity index (χ2n) is 20.0. The van der Waals surface area contributed by atoms with E-state index in [1.54, 1.807) is 0 Å². The minimum absolute atomic E-state index is 0.152. The van der Waals surface area contributed by atoms with Crippen LogP contribution in [0.5, 0.6) is 0 Å². The van der Waals surface area contributed by atoms with E-state index in [9.17, 15) is 0 Å². The fourth-order valence-corrected chi connectivity index (χ4v) is 10.6. The lowest BCUT2D eigenvalue weighted by atomic mass is 9.82. The van der Waals surface area contributed by atoms with E-state index in [-0.39, 0.29) is 5.41 Å². The Hall–Kier alpha value is -8.78. The molecule has 0 bridgehead atoms. The Kier molecular flexibility index (Phi) is 12.9. The minimum Gasteiger partial charge on any atom is -0.309 e. The molecule has 0 saturated carbocycles. The van der Waals surface area contributed by atoms with Gasteiger partial charge in [-0.2, -0.15) is 0 Å². The van der Waals surface area contributed by atoms with Crippen LogP contribution >= 0.6 is 0 Å². The normalized spacial score (nSPS) is 12.0. The summed E-state index contributed by atoms with van der Waals surface area (Å²) in [4.78, 5) is 0. The maximum Gasteiger partial charge on any atom is 0.0547 e. The predicted molar refractivity (Wildman–Crippen MR) is 313 cm³/mol. The summed E-state index contributed by atoms with van der Waals surface area (Å²) in [7, 11) is 0. The maximum atomic E-state index is 2.44. The number of aryl methyl sites for hydroxylation is 3. The summed E-state index contributed by atoms with van der Waals surface area (Å²) >= 11 is 0. The average molecular weight is 938 g/mol. The fraction of sp³-hybridized carbons (Fsp3) is 0.0833. The van der Waals surface area contributed by atoms with Gasteiger partial charge in [0.05, 0.1) is 11.0 Å². The molecular weight excluding hydrogens is 879 g/mol. The first-order chi connectivity index (χ1) is 35.7. The molecule has 1 nitrogen and oxygen atoms in total. The smallest absolute Gasteiger partial charge is 0.0547 e. The summed E-state index contributed by atoms with van der Waals surface area (Å²) in [6, 6.07) is 96.3. The predicted octanol–water partition coefficient (Wildman–Crippen LogP) is 19.7. The molecule has 73 heavy (non-hydrogen) atoms. The molecule has 0 atom stereocenters. The first-order valence-corrected chi connectivity index (χ1v) is 25.5. The molecule has 11 aromatic carbocycles. The summed E-state index contributed by atoms with van der Waals surface area (Å²) in [6.45, 7) is 11.0. The summed E-state index contributed by atoms with van der Waals surface area (Å²) in [5.41, 5.74) is 25.6. The van der Waals surface area contributed by atoms with Crippen molar-refractivity contribution in [2.75, 3.05) is 0 Å². The maximum absolute atomic E-state index is 2.44. The van der Waals surface area contributed by atoms with E-state index in [1.165, 1.54) is 116 Å². The number of fused-ring (bicyclic) bond motifs is 6. The van der Waals surface area contributed by atoms with Crippen LogP contribution < -0.4 is 0 Å². The number of aromatic nitrogens is 1. The van der Waals surface area contributed by atoms with Crippen LogP contribution in [0, 0.1) is 20.8 Å². The van der Waals surface area contributed by atoms with Crippen LogP contribution in [0.1, 0.15) is 41.7 Å². The lowest BCUT2D eigenvalue weighted by molar-refractivity contribution is 0.660. The molecule has 12 aromatic rings. The monoisotopic (exact) mass is 937 g/mol. The molecule has 0 amide bonds. The van der Waals surface area contributed by atoms with Gasteiger partial charge in [0.2, 0.25) is 0 Å². The first-order valence-electron chi connectivity index (χ1n) is 25.5. The highest BCUT2D eigenvalue weighted by Crippen LogP contribution is 2.48. The molecule has 0 saturated heterocycles. The van der Waals surface area contributed by atoms with Gasteiger partial charge in [0.25, 0.3) is 0 Å². The van der Waals surface area contributed by atoms with Crippen molar-refractivity contribution < 1.29 is 0 Å². The van der Waals surface area contributed by atoms with Gasteiger partial charge >= 0.3 is 0 Å². The lowest BCUT2D eigenvalue weighted by Gasteiger charge is -2.21. The Bertz CT molecular complexity index is 3800. The van der Waals surface area contributed by atoms with Crippen molar-refractivity contribution in [3.05, 3.63) is 295 Å². The van der Waals surface area contributed by atoms with Crippen molar-refractivity contribution in [3.63, 3.8) is 0 Å². The molecule has 1 aliphatic carbocycles. The molecule has 0 N–H and O–H groups in total. The van der Waals surface area contributed by atoms with Gasteiger partial charge in [-0.25, -0.2) is 0 Å². The number of hydrogen-bond donors (Lipinski definition) is 0. The molecule has 0 spiro atoms. The Morgan fingerprint density at radius 1 is 0.260 bits per heavy atom. The van der Waals surface area contributed by atoms with Crippen LogP contribution in [0.25, 0.3) is 94.3 Å². The zero-order valence-corrected chi connectivity index (χ0v) is 42.4. The number of hydrogen-bond acceptors (Lipinski definition) is 0. The number of benzene rings is 11. The highest BCUT2D eigenvalue weighted by molar-refractivity contribution is 6.10. The molecule has 0 fully saturated rings. The van der Waals surface area contributed by atoms with E-state index in [2.05, 4.69) is 300 Å². The van der Waals surface area contributed by atoms with Gasteiger partial charge in [0.1, 0.15) is 0 Å². The Labute approximate surface area is 431 Å². The molecule has 1 aliphatic rings. The van der Waals surface area contributed by atoms with Crippen LogP contribution in [0.2, 0.25) is 0 Å². The van der Waals surface area contributed by atoms with E-state index in [1.807, 2.05) is 6.07 Å². The second kappa shape index (κ2) is 20.1. The average Bonchev–Trinajstić information content (AvgIpc) is 3.89. The van der Waals surface area contributed by atoms with Gasteiger partial charge in [-0.3, -0.25) is 0 Å². The van der Waals surface area contributed by atoms with Gasteiger partial charge in [-0.1, -0.05) is 261 Å². The molecule has 0 unspecified atom stereocenters. The topological polar surface area (TPSA) is 4.93 Å². The van der Waals surface area contributed by atoms with Gasteiger partial charge < -0.3 is 4.57 Å². The Morgan fingerprint density at radius 2 is 0.671 bits per heavy atom. The summed E-state index contributed by atoms with van der Waals surface area (Å²) < 4.78 is 2.44. The number of para-hydroxylation sites is 1. The summed E-state index contributed by atoms with van der Waals surface area (Å²) in [5.74, 6) is 0. The highest BCUT2D eigenvalue weighted by atomic mass is 15.0. The van der Waals surface area contributed by atoms with Crippen molar-refractivity contribution in [2.45, 2.75) is 40.0 Å². The van der Waals surface area contributed by atoms with Crippen LogP contribution in [0.3, 0.4) is 0 Å². The highest BCUT2D eigenvalue weighted by Gasteiger charge is 2.34. The van der Waals surface area contributed by atoms with E-state index in [0.717, 1.165) is 5.69 Å². The van der Waals surface area contributed by atoms with Crippen molar-refractivity contribution in [1.29, 1.82) is 0 Å². The zero-order valence-electron chi connectivity index (χ0n) is 42.4. The SMILES string of the molecule is Cc1ccc(-c2cccc(-c3ccc4c5ccccc5n(-c5cc(-c6ccccc6)cc(-c6ccccc6)c5)c4c3)c2)cc1.Cc1ccc(-c2ccccc2)cc1.Cc1ccc2c(c1)-c1ccccc1C2(C)C. The molecule has 1 heteroatoms. The van der Waals surface area contributed by atoms with E-state index >= 15 is 0 Å². The Balaban J connectivity index is 0.000000160. The van der Waals surface area contributed by atoms with Crippen molar-refractivity contribution in [1.82, 2.24) is 4.57 Å². The number of nitrogens with zero attached hydrogens (tertiary/aromatic N) is 1. The van der Waals surface area contributed by atoms with Crippen LogP contribution in [0.4, 0.5) is 0 Å². The van der Waals surface area contributed by atoms with Gasteiger partial charge in [0, 0.05) is 21.9 Å². The number of rotatable bonds is 6. The van der Waals surface area contributed by atoms with Gasteiger partial charge in [-0.05, 0) is 135 Å². The van der Waals surface area contributed by atoms with Crippen LogP contribution in [-0.4, -0.2) is 4.57 Å². The Morgan fingerprint density at radius 3 is 1.29 bits per heavy atom. The van der Waals surface area contributed by atoms with Crippen molar-refractivity contribution in [3.8, 4) is 72.4 Å².